The summed E-state index contributed by atoms with van der Waals surface area (Å²) in [5, 5.41) is 8.67. The van der Waals surface area contributed by atoms with Crippen LogP contribution in [0.15, 0.2) is 18.3 Å². The third-order valence-electron chi connectivity index (χ3n) is 2.41. The molecule has 0 unspecified atom stereocenters. The van der Waals surface area contributed by atoms with Crippen molar-refractivity contribution in [1.29, 1.82) is 0 Å². The number of aryl methyl sites for hydroxylation is 1. The number of hydrogen-bond donors (Lipinski definition) is 1. The van der Waals surface area contributed by atoms with Crippen molar-refractivity contribution >= 4 is 12.2 Å². The van der Waals surface area contributed by atoms with Crippen molar-refractivity contribution in [3.05, 3.63) is 24.0 Å². The Kier molecular flexibility index (Phi) is 4.72. The monoisotopic (exact) mass is 224 g/mol. The quantitative estimate of drug-likeness (QED) is 0.699. The first-order valence-corrected chi connectivity index (χ1v) is 5.14. The van der Waals surface area contributed by atoms with Crippen LogP contribution in [0.3, 0.4) is 0 Å². The first-order valence-electron chi connectivity index (χ1n) is 5.14. The van der Waals surface area contributed by atoms with Crippen molar-refractivity contribution in [2.75, 3.05) is 20.2 Å². The standard InChI is InChI=1S/C11H16N2O3/c1-12(7-8-14)11(16)4-6-13-5-2-3-10(13)9-15/h2-3,5,9,14H,4,6-8H2,1H3. The number of aldehydes is 1. The molecule has 0 bridgehead atoms. The van der Waals surface area contributed by atoms with E-state index in [1.807, 2.05) is 0 Å². The second-order valence-corrected chi connectivity index (χ2v) is 3.53. The molecule has 1 N–H and O–H groups in total. The summed E-state index contributed by atoms with van der Waals surface area (Å²) in [6.07, 6.45) is 2.86. The molecule has 0 aliphatic heterocycles. The number of aliphatic hydroxyl groups excluding tert-OH is 1. The van der Waals surface area contributed by atoms with E-state index >= 15 is 0 Å². The highest BCUT2D eigenvalue weighted by molar-refractivity contribution is 5.76. The number of carbonyl (C=O) groups is 2. The van der Waals surface area contributed by atoms with E-state index in [2.05, 4.69) is 0 Å². The van der Waals surface area contributed by atoms with Gasteiger partial charge in [-0.05, 0) is 12.1 Å². The van der Waals surface area contributed by atoms with E-state index in [1.54, 1.807) is 29.9 Å². The predicted octanol–water partition coefficient (Wildman–Crippen LogP) is 0.141. The predicted molar refractivity (Wildman–Crippen MR) is 59.2 cm³/mol. The van der Waals surface area contributed by atoms with E-state index in [0.717, 1.165) is 6.29 Å². The average Bonchev–Trinajstić information content (AvgIpc) is 2.73. The third kappa shape index (κ3) is 3.20. The molecule has 1 rings (SSSR count). The second kappa shape index (κ2) is 6.07. The van der Waals surface area contributed by atoms with Crippen LogP contribution in [-0.4, -0.2) is 47.0 Å². The van der Waals surface area contributed by atoms with Crippen LogP contribution < -0.4 is 0 Å². The van der Waals surface area contributed by atoms with Crippen LogP contribution in [0, 0.1) is 0 Å². The maximum absolute atomic E-state index is 11.5. The van der Waals surface area contributed by atoms with Gasteiger partial charge in [0.1, 0.15) is 0 Å². The summed E-state index contributed by atoms with van der Waals surface area (Å²) in [5.74, 6) is -0.0420. The minimum absolute atomic E-state index is 0.0364. The van der Waals surface area contributed by atoms with Gasteiger partial charge in [0.2, 0.25) is 5.91 Å². The van der Waals surface area contributed by atoms with Crippen molar-refractivity contribution in [3.63, 3.8) is 0 Å². The van der Waals surface area contributed by atoms with Gasteiger partial charge in [-0.25, -0.2) is 0 Å². The van der Waals surface area contributed by atoms with Gasteiger partial charge in [-0.15, -0.1) is 0 Å². The Balaban J connectivity index is 2.45. The molecular weight excluding hydrogens is 208 g/mol. The van der Waals surface area contributed by atoms with Crippen molar-refractivity contribution in [1.82, 2.24) is 9.47 Å². The summed E-state index contributed by atoms with van der Waals surface area (Å²) in [5.41, 5.74) is 0.567. The van der Waals surface area contributed by atoms with Gasteiger partial charge in [0, 0.05) is 32.8 Å². The Labute approximate surface area is 94.3 Å². The molecule has 0 aliphatic carbocycles. The Morgan fingerprint density at radius 2 is 2.38 bits per heavy atom. The lowest BCUT2D eigenvalue weighted by molar-refractivity contribution is -0.130. The van der Waals surface area contributed by atoms with Crippen LogP contribution in [0.25, 0.3) is 0 Å². The summed E-state index contributed by atoms with van der Waals surface area (Å²) in [6.45, 7) is 0.784. The Hall–Kier alpha value is -1.62. The molecule has 88 valence electrons. The Morgan fingerprint density at radius 1 is 1.62 bits per heavy atom. The molecule has 0 aliphatic rings. The highest BCUT2D eigenvalue weighted by atomic mass is 16.3. The van der Waals surface area contributed by atoms with Gasteiger partial charge in [-0.1, -0.05) is 0 Å². The lowest BCUT2D eigenvalue weighted by atomic mass is 10.3. The van der Waals surface area contributed by atoms with Crippen molar-refractivity contribution in [3.8, 4) is 0 Å². The maximum atomic E-state index is 11.5. The van der Waals surface area contributed by atoms with E-state index in [4.69, 9.17) is 5.11 Å². The van der Waals surface area contributed by atoms with Crippen LogP contribution in [0.5, 0.6) is 0 Å². The largest absolute Gasteiger partial charge is 0.395 e. The number of rotatable bonds is 6. The third-order valence-corrected chi connectivity index (χ3v) is 2.41. The fourth-order valence-corrected chi connectivity index (χ4v) is 1.42. The number of nitrogens with zero attached hydrogens (tertiary/aromatic N) is 2. The minimum Gasteiger partial charge on any atom is -0.395 e. The van der Waals surface area contributed by atoms with E-state index in [0.29, 0.717) is 25.2 Å². The summed E-state index contributed by atoms with van der Waals surface area (Å²) >= 11 is 0. The normalized spacial score (nSPS) is 10.1. The minimum atomic E-state index is -0.0420. The molecule has 5 heteroatoms. The first kappa shape index (κ1) is 12.4. The average molecular weight is 224 g/mol. The first-order chi connectivity index (χ1) is 7.69. The van der Waals surface area contributed by atoms with E-state index in [-0.39, 0.29) is 12.5 Å². The summed E-state index contributed by atoms with van der Waals surface area (Å²) < 4.78 is 1.73. The highest BCUT2D eigenvalue weighted by Gasteiger charge is 2.08. The molecular formula is C11H16N2O3. The fraction of sp³-hybridized carbons (Fsp3) is 0.455. The SMILES string of the molecule is CN(CCO)C(=O)CCn1cccc1C=O. The molecule has 0 spiro atoms. The number of amides is 1. The molecule has 0 saturated carbocycles. The van der Waals surface area contributed by atoms with Gasteiger partial charge >= 0.3 is 0 Å². The molecule has 5 nitrogen and oxygen atoms in total. The van der Waals surface area contributed by atoms with E-state index in [9.17, 15) is 9.59 Å². The summed E-state index contributed by atoms with van der Waals surface area (Å²) in [6, 6.07) is 3.47. The summed E-state index contributed by atoms with van der Waals surface area (Å²) in [4.78, 5) is 23.6. The zero-order valence-electron chi connectivity index (χ0n) is 9.30. The smallest absolute Gasteiger partial charge is 0.224 e. The molecule has 0 fully saturated rings. The van der Waals surface area contributed by atoms with Crippen LogP contribution >= 0.6 is 0 Å². The van der Waals surface area contributed by atoms with Crippen molar-refractivity contribution in [2.45, 2.75) is 13.0 Å². The zero-order valence-corrected chi connectivity index (χ0v) is 9.30. The number of hydrogen-bond acceptors (Lipinski definition) is 3. The molecule has 16 heavy (non-hydrogen) atoms. The van der Waals surface area contributed by atoms with Gasteiger partial charge in [-0.3, -0.25) is 9.59 Å². The van der Waals surface area contributed by atoms with Crippen LogP contribution in [0.2, 0.25) is 0 Å². The molecule has 0 atom stereocenters. The van der Waals surface area contributed by atoms with E-state index in [1.165, 1.54) is 4.90 Å². The number of likely N-dealkylation sites (N-methyl/N-ethyl adjacent to an activating group) is 1. The topological polar surface area (TPSA) is 62.5 Å². The number of aromatic nitrogens is 1. The Bertz CT molecular complexity index is 360. The molecule has 0 aromatic carbocycles. The van der Waals surface area contributed by atoms with Crippen LogP contribution in [0.4, 0.5) is 0 Å². The fourth-order valence-electron chi connectivity index (χ4n) is 1.42. The molecule has 1 aromatic heterocycles. The van der Waals surface area contributed by atoms with Gasteiger partial charge in [0.05, 0.1) is 12.3 Å². The van der Waals surface area contributed by atoms with Gasteiger partial charge in [-0.2, -0.15) is 0 Å². The number of aliphatic hydroxyl groups is 1. The molecule has 0 saturated heterocycles. The van der Waals surface area contributed by atoms with Crippen LogP contribution in [-0.2, 0) is 11.3 Å². The molecule has 1 heterocycles. The lowest BCUT2D eigenvalue weighted by Crippen LogP contribution is -2.30. The lowest BCUT2D eigenvalue weighted by Gasteiger charge is -2.15. The zero-order chi connectivity index (χ0) is 12.0. The Morgan fingerprint density at radius 3 is 3.00 bits per heavy atom. The molecule has 1 aromatic rings. The molecule has 1 amide bonds. The van der Waals surface area contributed by atoms with E-state index < -0.39 is 0 Å². The number of carbonyl (C=O) groups excluding carboxylic acids is 2. The maximum Gasteiger partial charge on any atom is 0.224 e. The second-order valence-electron chi connectivity index (χ2n) is 3.53. The highest BCUT2D eigenvalue weighted by Crippen LogP contribution is 2.02. The molecule has 0 radical (unpaired) electrons. The van der Waals surface area contributed by atoms with Crippen molar-refractivity contribution < 1.29 is 14.7 Å². The van der Waals surface area contributed by atoms with Gasteiger partial charge in [0.25, 0.3) is 0 Å². The van der Waals surface area contributed by atoms with Crippen molar-refractivity contribution in [2.24, 2.45) is 0 Å². The van der Waals surface area contributed by atoms with Crippen LogP contribution in [0.1, 0.15) is 16.9 Å². The van der Waals surface area contributed by atoms with Gasteiger partial charge < -0.3 is 14.6 Å². The summed E-state index contributed by atoms with van der Waals surface area (Å²) in [7, 11) is 1.65. The van der Waals surface area contributed by atoms with Gasteiger partial charge in [0.15, 0.2) is 6.29 Å².